The third kappa shape index (κ3) is 5.40. The third-order valence-electron chi connectivity index (χ3n) is 5.16. The molecule has 0 saturated carbocycles. The van der Waals surface area contributed by atoms with Gasteiger partial charge in [0.15, 0.2) is 0 Å². The van der Waals surface area contributed by atoms with Gasteiger partial charge >= 0.3 is 0 Å². The van der Waals surface area contributed by atoms with Gasteiger partial charge in [-0.05, 0) is 22.0 Å². The summed E-state index contributed by atoms with van der Waals surface area (Å²) in [5.41, 5.74) is 2.59. The van der Waals surface area contributed by atoms with E-state index in [0.29, 0.717) is 0 Å². The first-order chi connectivity index (χ1) is 12.5. The van der Waals surface area contributed by atoms with E-state index in [0.717, 1.165) is 23.9 Å². The van der Waals surface area contributed by atoms with Crippen LogP contribution < -0.4 is 0 Å². The third-order valence-corrected chi connectivity index (χ3v) is 5.16. The summed E-state index contributed by atoms with van der Waals surface area (Å²) in [6.07, 6.45) is 0.788. The summed E-state index contributed by atoms with van der Waals surface area (Å²) >= 11 is 0. The Bertz CT molecular complexity index is 779. The molecule has 0 aliphatic rings. The van der Waals surface area contributed by atoms with Crippen LogP contribution in [0.5, 0.6) is 0 Å². The molecule has 28 heavy (non-hydrogen) atoms. The van der Waals surface area contributed by atoms with Gasteiger partial charge in [0.25, 0.3) is 0 Å². The Morgan fingerprint density at radius 3 is 1.29 bits per heavy atom. The van der Waals surface area contributed by atoms with Crippen molar-refractivity contribution in [2.75, 3.05) is 0 Å². The van der Waals surface area contributed by atoms with Crippen LogP contribution in [0.1, 0.15) is 105 Å². The molecule has 0 N–H and O–H groups in total. The van der Waals surface area contributed by atoms with Crippen molar-refractivity contribution in [3.63, 3.8) is 0 Å². The second-order valence-corrected chi connectivity index (χ2v) is 11.8. The average molecular weight is 382 g/mol. The summed E-state index contributed by atoms with van der Waals surface area (Å²) in [7, 11) is 0. The summed E-state index contributed by atoms with van der Waals surface area (Å²) in [6, 6.07) is 9.03. The van der Waals surface area contributed by atoms with Crippen LogP contribution in [0.25, 0.3) is 0 Å². The Labute approximate surface area is 172 Å². The number of nitrogens with zero attached hydrogens (tertiary/aromatic N) is 3. The minimum Gasteiger partial charge on any atom is -0.217 e. The van der Waals surface area contributed by atoms with Gasteiger partial charge in [0.05, 0.1) is 0 Å². The SMILES string of the molecule is CC(C)(C)c1ccc(C(C)(C)Cc2nc(C(C)(C)C)nc(C(C)(C)C)n2)cc1. The maximum absolute atomic E-state index is 4.86. The van der Waals surface area contributed by atoms with Gasteiger partial charge in [-0.2, -0.15) is 0 Å². The second kappa shape index (κ2) is 7.24. The van der Waals surface area contributed by atoms with Crippen molar-refractivity contribution in [1.29, 1.82) is 0 Å². The molecular formula is C25H39N3. The van der Waals surface area contributed by atoms with Crippen LogP contribution in [0, 0.1) is 0 Å². The molecule has 1 heterocycles. The molecule has 154 valence electrons. The van der Waals surface area contributed by atoms with E-state index in [-0.39, 0.29) is 21.7 Å². The van der Waals surface area contributed by atoms with Crippen molar-refractivity contribution < 1.29 is 0 Å². The number of benzene rings is 1. The Hall–Kier alpha value is -1.77. The highest BCUT2D eigenvalue weighted by atomic mass is 15.1. The normalized spacial score (nSPS) is 13.7. The van der Waals surface area contributed by atoms with E-state index in [1.807, 2.05) is 0 Å². The van der Waals surface area contributed by atoms with Gasteiger partial charge in [-0.15, -0.1) is 0 Å². The maximum atomic E-state index is 4.86. The Kier molecular flexibility index (Phi) is 5.82. The van der Waals surface area contributed by atoms with E-state index >= 15 is 0 Å². The Morgan fingerprint density at radius 1 is 0.536 bits per heavy atom. The first kappa shape index (κ1) is 22.5. The first-order valence-corrected chi connectivity index (χ1v) is 10.4. The molecule has 1 aromatic heterocycles. The molecule has 0 aliphatic heterocycles. The van der Waals surface area contributed by atoms with E-state index in [2.05, 4.69) is 100 Å². The van der Waals surface area contributed by atoms with E-state index in [1.165, 1.54) is 11.1 Å². The minimum atomic E-state index is -0.101. The molecule has 0 aliphatic carbocycles. The summed E-state index contributed by atoms with van der Waals surface area (Å²) in [5, 5.41) is 0. The first-order valence-electron chi connectivity index (χ1n) is 10.4. The molecule has 0 unspecified atom stereocenters. The summed E-state index contributed by atoms with van der Waals surface area (Å²) < 4.78 is 0. The van der Waals surface area contributed by atoms with E-state index < -0.39 is 0 Å². The number of rotatable bonds is 3. The molecule has 0 radical (unpaired) electrons. The lowest BCUT2D eigenvalue weighted by atomic mass is 9.79. The predicted molar refractivity (Wildman–Crippen MR) is 119 cm³/mol. The van der Waals surface area contributed by atoms with E-state index in [1.54, 1.807) is 0 Å². The summed E-state index contributed by atoms with van der Waals surface area (Å²) in [5.74, 6) is 2.64. The van der Waals surface area contributed by atoms with Crippen LogP contribution in [-0.2, 0) is 28.1 Å². The molecule has 0 fully saturated rings. The standard InChI is InChI=1S/C25H39N3/c1-22(2,3)17-12-14-18(15-13-17)25(10,11)16-19-26-20(23(4,5)6)28-21(27-19)24(7,8)9/h12-15H,16H2,1-11H3. The van der Waals surface area contributed by atoms with Crippen LogP contribution in [0.2, 0.25) is 0 Å². The Balaban J connectivity index is 2.42. The summed E-state index contributed by atoms with van der Waals surface area (Å²) in [6.45, 7) is 24.3. The minimum absolute atomic E-state index is 0.0535. The molecule has 0 atom stereocenters. The smallest absolute Gasteiger partial charge is 0.137 e. The topological polar surface area (TPSA) is 38.7 Å². The molecule has 0 saturated heterocycles. The van der Waals surface area contributed by atoms with Crippen molar-refractivity contribution in [3.8, 4) is 0 Å². The highest BCUT2D eigenvalue weighted by molar-refractivity contribution is 5.32. The van der Waals surface area contributed by atoms with Crippen molar-refractivity contribution >= 4 is 0 Å². The maximum Gasteiger partial charge on any atom is 0.137 e. The lowest BCUT2D eigenvalue weighted by molar-refractivity contribution is 0.461. The highest BCUT2D eigenvalue weighted by Crippen LogP contribution is 2.31. The van der Waals surface area contributed by atoms with Gasteiger partial charge in [-0.25, -0.2) is 15.0 Å². The fourth-order valence-electron chi connectivity index (χ4n) is 3.09. The molecule has 2 aromatic rings. The lowest BCUT2D eigenvalue weighted by Gasteiger charge is -2.28. The zero-order valence-corrected chi connectivity index (χ0v) is 19.9. The molecule has 0 bridgehead atoms. The molecule has 2 rings (SSSR count). The number of hydrogen-bond acceptors (Lipinski definition) is 3. The number of aromatic nitrogens is 3. The Morgan fingerprint density at radius 2 is 0.929 bits per heavy atom. The molecule has 3 heteroatoms. The quantitative estimate of drug-likeness (QED) is 0.627. The van der Waals surface area contributed by atoms with Crippen LogP contribution in [0.15, 0.2) is 24.3 Å². The second-order valence-electron chi connectivity index (χ2n) is 11.8. The average Bonchev–Trinajstić information content (AvgIpc) is 2.52. The highest BCUT2D eigenvalue weighted by Gasteiger charge is 2.28. The van der Waals surface area contributed by atoms with E-state index in [4.69, 9.17) is 15.0 Å². The van der Waals surface area contributed by atoms with Gasteiger partial charge in [0, 0.05) is 17.3 Å². The van der Waals surface area contributed by atoms with Crippen molar-refractivity contribution in [2.45, 2.75) is 104 Å². The summed E-state index contributed by atoms with van der Waals surface area (Å²) in [4.78, 5) is 14.5. The van der Waals surface area contributed by atoms with Gasteiger partial charge in [0.1, 0.15) is 17.5 Å². The van der Waals surface area contributed by atoms with Crippen LogP contribution >= 0.6 is 0 Å². The molecular weight excluding hydrogens is 342 g/mol. The van der Waals surface area contributed by atoms with Gasteiger partial charge in [-0.1, -0.05) is 100 Å². The van der Waals surface area contributed by atoms with Crippen molar-refractivity contribution in [3.05, 3.63) is 52.9 Å². The van der Waals surface area contributed by atoms with Crippen molar-refractivity contribution in [2.24, 2.45) is 0 Å². The van der Waals surface area contributed by atoms with Crippen LogP contribution in [0.4, 0.5) is 0 Å². The van der Waals surface area contributed by atoms with Gasteiger partial charge in [-0.3, -0.25) is 0 Å². The monoisotopic (exact) mass is 381 g/mol. The zero-order chi connectivity index (χ0) is 21.5. The fraction of sp³-hybridized carbons (Fsp3) is 0.640. The fourth-order valence-corrected chi connectivity index (χ4v) is 3.09. The van der Waals surface area contributed by atoms with Gasteiger partial charge in [0.2, 0.25) is 0 Å². The largest absolute Gasteiger partial charge is 0.217 e. The molecule has 3 nitrogen and oxygen atoms in total. The van der Waals surface area contributed by atoms with Gasteiger partial charge < -0.3 is 0 Å². The van der Waals surface area contributed by atoms with Crippen molar-refractivity contribution in [1.82, 2.24) is 15.0 Å². The van der Waals surface area contributed by atoms with Crippen LogP contribution in [-0.4, -0.2) is 15.0 Å². The molecule has 0 spiro atoms. The predicted octanol–water partition coefficient (Wildman–Crippen LogP) is 6.28. The zero-order valence-electron chi connectivity index (χ0n) is 19.9. The lowest BCUT2D eigenvalue weighted by Crippen LogP contribution is -2.28. The van der Waals surface area contributed by atoms with E-state index in [9.17, 15) is 0 Å². The number of hydrogen-bond donors (Lipinski definition) is 0. The molecule has 0 amide bonds. The van der Waals surface area contributed by atoms with Crippen LogP contribution in [0.3, 0.4) is 0 Å². The molecule has 1 aromatic carbocycles.